The first-order valence-corrected chi connectivity index (χ1v) is 6.96. The van der Waals surface area contributed by atoms with Gasteiger partial charge in [0, 0.05) is 23.0 Å². The van der Waals surface area contributed by atoms with Crippen LogP contribution in [0.5, 0.6) is 0 Å². The zero-order valence-corrected chi connectivity index (χ0v) is 11.5. The molecule has 2 aromatic rings. The lowest BCUT2D eigenvalue weighted by atomic mass is 9.97. The van der Waals surface area contributed by atoms with Crippen molar-refractivity contribution < 1.29 is 19.5 Å². The predicted octanol–water partition coefficient (Wildman–Crippen LogP) is -0.393. The van der Waals surface area contributed by atoms with Crippen LogP contribution in [0.1, 0.15) is 11.3 Å². The molecule has 3 amide bonds. The Kier molecular flexibility index (Phi) is 2.53. The molecule has 0 bridgehead atoms. The van der Waals surface area contributed by atoms with Gasteiger partial charge in [-0.1, -0.05) is 18.2 Å². The van der Waals surface area contributed by atoms with Gasteiger partial charge >= 0.3 is 6.03 Å². The van der Waals surface area contributed by atoms with Gasteiger partial charge in [-0.2, -0.15) is 0 Å². The Hall–Kier alpha value is -2.83. The number of amides is 3. The third kappa shape index (κ3) is 1.65. The van der Waals surface area contributed by atoms with Gasteiger partial charge in [-0.25, -0.2) is 4.79 Å². The fraction of sp³-hybridized carbons (Fsp3) is 0.267. The van der Waals surface area contributed by atoms with E-state index in [-0.39, 0.29) is 6.54 Å². The van der Waals surface area contributed by atoms with E-state index in [0.717, 1.165) is 27.1 Å². The molecule has 1 saturated heterocycles. The lowest BCUT2D eigenvalue weighted by molar-refractivity contribution is -0.305. The number of H-pyrrole nitrogens is 1. The first-order chi connectivity index (χ1) is 10.6. The van der Waals surface area contributed by atoms with Gasteiger partial charge in [0.2, 0.25) is 0 Å². The molecule has 3 heterocycles. The number of carboxylic acids is 1. The second-order valence-electron chi connectivity index (χ2n) is 5.55. The highest BCUT2D eigenvalue weighted by atomic mass is 16.4. The monoisotopic (exact) mass is 298 g/mol. The van der Waals surface area contributed by atoms with Crippen LogP contribution >= 0.6 is 0 Å². The number of nitrogens with zero attached hydrogens (tertiary/aromatic N) is 2. The summed E-state index contributed by atoms with van der Waals surface area (Å²) in [6, 6.07) is 6.57. The van der Waals surface area contributed by atoms with Crippen LogP contribution in [0, 0.1) is 0 Å². The maximum atomic E-state index is 12.3. The van der Waals surface area contributed by atoms with E-state index in [2.05, 4.69) is 4.98 Å². The molecule has 0 unspecified atom stereocenters. The molecule has 2 aliphatic heterocycles. The number of imide groups is 1. The predicted molar refractivity (Wildman–Crippen MR) is 73.4 cm³/mol. The number of aromatic nitrogens is 1. The number of carbonyl (C=O) groups excluding carboxylic acids is 3. The highest BCUT2D eigenvalue weighted by Crippen LogP contribution is 2.33. The molecule has 112 valence electrons. The third-order valence-electron chi connectivity index (χ3n) is 4.32. The standard InChI is InChI=1S/C15H13N3O4/c19-13(20)7-18-14(21)12-5-9-8-3-1-2-4-10(8)16-11(9)6-17(12)15(18)22/h1-4,12,16H,5-7H2,(H,19,20)/p-1/t12-/m0/s1. The molecule has 2 aliphatic rings. The topological polar surface area (TPSA) is 96.5 Å². The van der Waals surface area contributed by atoms with Crippen molar-refractivity contribution in [2.75, 3.05) is 6.54 Å². The number of urea groups is 1. The molecular weight excluding hydrogens is 286 g/mol. The summed E-state index contributed by atoms with van der Waals surface area (Å²) in [7, 11) is 0. The molecule has 1 atom stereocenters. The van der Waals surface area contributed by atoms with E-state index in [1.807, 2.05) is 24.3 Å². The molecule has 22 heavy (non-hydrogen) atoms. The smallest absolute Gasteiger partial charge is 0.328 e. The normalized spacial score (nSPS) is 20.5. The number of para-hydroxylation sites is 1. The number of rotatable bonds is 2. The van der Waals surface area contributed by atoms with Gasteiger partial charge < -0.3 is 19.8 Å². The summed E-state index contributed by atoms with van der Waals surface area (Å²) in [5, 5.41) is 11.8. The molecule has 7 nitrogen and oxygen atoms in total. The minimum atomic E-state index is -1.44. The molecule has 0 spiro atoms. The number of aromatic amines is 1. The Balaban J connectivity index is 1.74. The molecular formula is C15H12N3O4-. The van der Waals surface area contributed by atoms with E-state index in [0.29, 0.717) is 6.42 Å². The first kappa shape index (κ1) is 12.9. The number of hydrogen-bond acceptors (Lipinski definition) is 4. The van der Waals surface area contributed by atoms with E-state index in [1.165, 1.54) is 4.90 Å². The van der Waals surface area contributed by atoms with Crippen LogP contribution in [0.4, 0.5) is 4.79 Å². The summed E-state index contributed by atoms with van der Waals surface area (Å²) in [5.74, 6) is -1.91. The summed E-state index contributed by atoms with van der Waals surface area (Å²) < 4.78 is 0. The fourth-order valence-electron chi connectivity index (χ4n) is 3.33. The Bertz CT molecular complexity index is 825. The first-order valence-electron chi connectivity index (χ1n) is 6.96. The maximum Gasteiger partial charge on any atom is 0.328 e. The second-order valence-corrected chi connectivity index (χ2v) is 5.55. The molecule has 1 fully saturated rings. The second kappa shape index (κ2) is 4.33. The van der Waals surface area contributed by atoms with Gasteiger partial charge in [-0.3, -0.25) is 9.69 Å². The molecule has 0 aliphatic carbocycles. The Labute approximate surface area is 125 Å². The SMILES string of the molecule is O=C([O-])CN1C(=O)[C@@H]2Cc3c([nH]c4ccccc34)CN2C1=O. The summed E-state index contributed by atoms with van der Waals surface area (Å²) >= 11 is 0. The minimum Gasteiger partial charge on any atom is -0.548 e. The van der Waals surface area contributed by atoms with E-state index in [1.54, 1.807) is 0 Å². The number of carboxylic acid groups (broad SMARTS) is 1. The van der Waals surface area contributed by atoms with Crippen LogP contribution in [0.25, 0.3) is 10.9 Å². The fourth-order valence-corrected chi connectivity index (χ4v) is 3.33. The van der Waals surface area contributed by atoms with E-state index in [9.17, 15) is 19.5 Å². The molecule has 0 radical (unpaired) electrons. The Morgan fingerprint density at radius 2 is 2.09 bits per heavy atom. The average molecular weight is 298 g/mol. The van der Waals surface area contributed by atoms with Crippen molar-refractivity contribution in [1.82, 2.24) is 14.8 Å². The van der Waals surface area contributed by atoms with Crippen molar-refractivity contribution in [3.8, 4) is 0 Å². The Morgan fingerprint density at radius 3 is 2.86 bits per heavy atom. The van der Waals surface area contributed by atoms with E-state index < -0.39 is 30.5 Å². The van der Waals surface area contributed by atoms with Crippen LogP contribution in [0.3, 0.4) is 0 Å². The summed E-state index contributed by atoms with van der Waals surface area (Å²) in [5.41, 5.74) is 2.89. The van der Waals surface area contributed by atoms with Crippen LogP contribution in [0.2, 0.25) is 0 Å². The molecule has 7 heteroatoms. The van der Waals surface area contributed by atoms with Gasteiger partial charge in [0.05, 0.1) is 19.1 Å². The number of benzene rings is 1. The number of fused-ring (bicyclic) bond motifs is 4. The van der Waals surface area contributed by atoms with Crippen LogP contribution in [-0.4, -0.2) is 45.3 Å². The number of carbonyl (C=O) groups is 3. The zero-order chi connectivity index (χ0) is 15.4. The molecule has 1 N–H and O–H groups in total. The van der Waals surface area contributed by atoms with Crippen molar-refractivity contribution in [3.63, 3.8) is 0 Å². The molecule has 0 saturated carbocycles. The number of aliphatic carboxylic acids is 1. The molecule has 1 aromatic heterocycles. The van der Waals surface area contributed by atoms with Crippen molar-refractivity contribution in [2.24, 2.45) is 0 Å². The Morgan fingerprint density at radius 1 is 1.32 bits per heavy atom. The van der Waals surface area contributed by atoms with Crippen molar-refractivity contribution in [3.05, 3.63) is 35.5 Å². The minimum absolute atomic E-state index is 0.281. The largest absolute Gasteiger partial charge is 0.548 e. The van der Waals surface area contributed by atoms with Gasteiger partial charge in [-0.15, -0.1) is 0 Å². The molecule has 1 aromatic carbocycles. The van der Waals surface area contributed by atoms with Gasteiger partial charge in [-0.05, 0) is 11.6 Å². The summed E-state index contributed by atoms with van der Waals surface area (Å²) in [6.07, 6.45) is 0.396. The van der Waals surface area contributed by atoms with E-state index >= 15 is 0 Å². The van der Waals surface area contributed by atoms with Crippen molar-refractivity contribution in [2.45, 2.75) is 19.0 Å². The number of hydrogen-bond donors (Lipinski definition) is 1. The van der Waals surface area contributed by atoms with E-state index in [4.69, 9.17) is 0 Å². The lowest BCUT2D eigenvalue weighted by Crippen LogP contribution is -2.42. The van der Waals surface area contributed by atoms with Gasteiger partial charge in [0.1, 0.15) is 6.04 Å². The highest BCUT2D eigenvalue weighted by Gasteiger charge is 2.47. The lowest BCUT2D eigenvalue weighted by Gasteiger charge is -2.26. The van der Waals surface area contributed by atoms with Gasteiger partial charge in [0.25, 0.3) is 5.91 Å². The summed E-state index contributed by atoms with van der Waals surface area (Å²) in [6.45, 7) is -0.415. The quantitative estimate of drug-likeness (QED) is 0.763. The molecule has 4 rings (SSSR count). The van der Waals surface area contributed by atoms with Crippen LogP contribution < -0.4 is 5.11 Å². The van der Waals surface area contributed by atoms with Crippen LogP contribution in [-0.2, 0) is 22.6 Å². The summed E-state index contributed by atoms with van der Waals surface area (Å²) in [4.78, 5) is 40.7. The maximum absolute atomic E-state index is 12.3. The average Bonchev–Trinajstić information content (AvgIpc) is 2.96. The number of nitrogens with one attached hydrogen (secondary N) is 1. The highest BCUT2D eigenvalue weighted by molar-refractivity contribution is 6.06. The zero-order valence-electron chi connectivity index (χ0n) is 11.5. The third-order valence-corrected chi connectivity index (χ3v) is 4.32. The van der Waals surface area contributed by atoms with Gasteiger partial charge in [0.15, 0.2) is 0 Å². The van der Waals surface area contributed by atoms with Crippen molar-refractivity contribution in [1.29, 1.82) is 0 Å². The van der Waals surface area contributed by atoms with Crippen LogP contribution in [0.15, 0.2) is 24.3 Å². The van der Waals surface area contributed by atoms with Crippen molar-refractivity contribution >= 4 is 28.8 Å².